The lowest BCUT2D eigenvalue weighted by molar-refractivity contribution is 1.26. The van der Waals surface area contributed by atoms with Crippen LogP contribution in [-0.4, -0.2) is 9.97 Å². The van der Waals surface area contributed by atoms with E-state index in [4.69, 9.17) is 5.73 Å². The summed E-state index contributed by atoms with van der Waals surface area (Å²) in [6.45, 7) is 0. The molecular formula is C14H9N3S3. The van der Waals surface area contributed by atoms with Gasteiger partial charge >= 0.3 is 0 Å². The highest BCUT2D eigenvalue weighted by atomic mass is 32.2. The Hall–Kier alpha value is -1.63. The quantitative estimate of drug-likeness (QED) is 0.548. The fourth-order valence-electron chi connectivity index (χ4n) is 1.93. The Balaban J connectivity index is 1.72. The van der Waals surface area contributed by atoms with Gasteiger partial charge in [-0.2, -0.15) is 0 Å². The van der Waals surface area contributed by atoms with Gasteiger partial charge in [-0.1, -0.05) is 12.1 Å². The standard InChI is InChI=1S/C14H9N3S3/c15-8-5-6-10-12(7-8)19-14(17-10)20-13-16-9-3-1-2-4-11(9)18-13/h1-7H,15H2. The molecule has 4 rings (SSSR count). The molecule has 4 aromatic rings. The van der Waals surface area contributed by atoms with E-state index >= 15 is 0 Å². The lowest BCUT2D eigenvalue weighted by Gasteiger charge is -1.88. The fraction of sp³-hybridized carbons (Fsp3) is 0. The molecule has 0 spiro atoms. The van der Waals surface area contributed by atoms with Crippen LogP contribution in [0.15, 0.2) is 51.1 Å². The van der Waals surface area contributed by atoms with E-state index in [1.807, 2.05) is 36.4 Å². The van der Waals surface area contributed by atoms with Crippen molar-refractivity contribution in [1.82, 2.24) is 9.97 Å². The SMILES string of the molecule is Nc1ccc2nc(Sc3nc4ccccc4s3)sc2c1. The highest BCUT2D eigenvalue weighted by molar-refractivity contribution is 8.02. The topological polar surface area (TPSA) is 51.8 Å². The minimum Gasteiger partial charge on any atom is -0.399 e. The lowest BCUT2D eigenvalue weighted by Crippen LogP contribution is -1.81. The summed E-state index contributed by atoms with van der Waals surface area (Å²) in [6, 6.07) is 14.0. The molecule has 2 heterocycles. The van der Waals surface area contributed by atoms with E-state index in [9.17, 15) is 0 Å². The van der Waals surface area contributed by atoms with Gasteiger partial charge < -0.3 is 5.73 Å². The zero-order valence-electron chi connectivity index (χ0n) is 10.2. The molecule has 2 aromatic carbocycles. The maximum atomic E-state index is 5.80. The van der Waals surface area contributed by atoms with Crippen LogP contribution in [0.5, 0.6) is 0 Å². The summed E-state index contributed by atoms with van der Waals surface area (Å²) < 4.78 is 4.36. The van der Waals surface area contributed by atoms with E-state index in [1.54, 1.807) is 34.4 Å². The van der Waals surface area contributed by atoms with E-state index < -0.39 is 0 Å². The second-order valence-electron chi connectivity index (χ2n) is 4.26. The monoisotopic (exact) mass is 315 g/mol. The van der Waals surface area contributed by atoms with Crippen LogP contribution in [-0.2, 0) is 0 Å². The molecule has 0 saturated heterocycles. The first kappa shape index (κ1) is 12.1. The third-order valence-corrected chi connectivity index (χ3v) is 6.02. The molecule has 0 unspecified atom stereocenters. The van der Waals surface area contributed by atoms with Crippen LogP contribution in [0.4, 0.5) is 5.69 Å². The second-order valence-corrected chi connectivity index (χ2v) is 7.81. The fourth-order valence-corrected chi connectivity index (χ4v) is 5.32. The van der Waals surface area contributed by atoms with Crippen molar-refractivity contribution < 1.29 is 0 Å². The van der Waals surface area contributed by atoms with Gasteiger partial charge in [0.25, 0.3) is 0 Å². The average molecular weight is 315 g/mol. The minimum absolute atomic E-state index is 0.776. The first-order valence-electron chi connectivity index (χ1n) is 5.97. The van der Waals surface area contributed by atoms with Crippen LogP contribution in [0, 0.1) is 0 Å². The number of nitrogens with two attached hydrogens (primary N) is 1. The van der Waals surface area contributed by atoms with Crippen LogP contribution < -0.4 is 5.73 Å². The summed E-state index contributed by atoms with van der Waals surface area (Å²) in [5.74, 6) is 0. The molecule has 3 nitrogen and oxygen atoms in total. The van der Waals surface area contributed by atoms with Crippen molar-refractivity contribution in [1.29, 1.82) is 0 Å². The van der Waals surface area contributed by atoms with E-state index in [2.05, 4.69) is 16.0 Å². The Morgan fingerprint density at radius 1 is 0.850 bits per heavy atom. The van der Waals surface area contributed by atoms with Crippen LogP contribution >= 0.6 is 34.4 Å². The Morgan fingerprint density at radius 2 is 1.55 bits per heavy atom. The van der Waals surface area contributed by atoms with Gasteiger partial charge in [0.15, 0.2) is 8.68 Å². The lowest BCUT2D eigenvalue weighted by atomic mass is 10.3. The van der Waals surface area contributed by atoms with E-state index in [-0.39, 0.29) is 0 Å². The number of thiazole rings is 2. The van der Waals surface area contributed by atoms with Crippen molar-refractivity contribution in [2.45, 2.75) is 8.68 Å². The Kier molecular flexibility index (Phi) is 2.87. The molecule has 0 aliphatic heterocycles. The summed E-state index contributed by atoms with van der Waals surface area (Å²) in [5, 5.41) is 0. The van der Waals surface area contributed by atoms with Crippen molar-refractivity contribution >= 4 is 60.6 Å². The van der Waals surface area contributed by atoms with Gasteiger partial charge in [-0.15, -0.1) is 22.7 Å². The van der Waals surface area contributed by atoms with Crippen LogP contribution in [0.2, 0.25) is 0 Å². The number of anilines is 1. The maximum Gasteiger partial charge on any atom is 0.158 e. The molecular weight excluding hydrogens is 306 g/mol. The Labute approximate surface area is 127 Å². The molecule has 6 heteroatoms. The summed E-state index contributed by atoms with van der Waals surface area (Å²) in [4.78, 5) is 9.23. The summed E-state index contributed by atoms with van der Waals surface area (Å²) >= 11 is 4.97. The summed E-state index contributed by atoms with van der Waals surface area (Å²) in [7, 11) is 0. The molecule has 0 aliphatic rings. The van der Waals surface area contributed by atoms with Crippen molar-refractivity contribution in [2.75, 3.05) is 5.73 Å². The van der Waals surface area contributed by atoms with E-state index in [0.717, 1.165) is 30.1 Å². The molecule has 0 bridgehead atoms. The van der Waals surface area contributed by atoms with Gasteiger partial charge in [0.2, 0.25) is 0 Å². The molecule has 0 fully saturated rings. The maximum absolute atomic E-state index is 5.80. The van der Waals surface area contributed by atoms with Gasteiger partial charge in [0, 0.05) is 5.69 Å². The first-order valence-corrected chi connectivity index (χ1v) is 8.42. The second kappa shape index (κ2) is 4.73. The van der Waals surface area contributed by atoms with Gasteiger partial charge in [0.1, 0.15) is 0 Å². The van der Waals surface area contributed by atoms with E-state index in [0.29, 0.717) is 0 Å². The van der Waals surface area contributed by atoms with Crippen LogP contribution in [0.1, 0.15) is 0 Å². The van der Waals surface area contributed by atoms with Crippen molar-refractivity contribution in [3.05, 3.63) is 42.5 Å². The zero-order chi connectivity index (χ0) is 13.5. The molecule has 0 atom stereocenters. The predicted molar refractivity (Wildman–Crippen MR) is 87.8 cm³/mol. The largest absolute Gasteiger partial charge is 0.399 e. The van der Waals surface area contributed by atoms with Gasteiger partial charge in [-0.3, -0.25) is 0 Å². The van der Waals surface area contributed by atoms with Crippen LogP contribution in [0.25, 0.3) is 20.4 Å². The van der Waals surface area contributed by atoms with Gasteiger partial charge in [-0.05, 0) is 42.1 Å². The Morgan fingerprint density at radius 3 is 2.35 bits per heavy atom. The number of hydrogen-bond acceptors (Lipinski definition) is 6. The number of hydrogen-bond donors (Lipinski definition) is 1. The first-order chi connectivity index (χ1) is 9.78. The number of fused-ring (bicyclic) bond motifs is 2. The predicted octanol–water partition coefficient (Wildman–Crippen LogP) is 4.64. The number of benzene rings is 2. The van der Waals surface area contributed by atoms with Crippen molar-refractivity contribution in [3.63, 3.8) is 0 Å². The average Bonchev–Trinajstić information content (AvgIpc) is 3.00. The van der Waals surface area contributed by atoms with Gasteiger partial charge in [0.05, 0.1) is 20.4 Å². The number of aromatic nitrogens is 2. The highest BCUT2D eigenvalue weighted by Gasteiger charge is 2.09. The number of nitrogen functional groups attached to an aromatic ring is 1. The molecule has 2 aromatic heterocycles. The molecule has 2 N–H and O–H groups in total. The van der Waals surface area contributed by atoms with Gasteiger partial charge in [-0.25, -0.2) is 9.97 Å². The third-order valence-electron chi connectivity index (χ3n) is 2.84. The normalized spacial score (nSPS) is 11.4. The summed E-state index contributed by atoms with van der Waals surface area (Å²) in [5.41, 5.74) is 8.61. The number of rotatable bonds is 2. The third kappa shape index (κ3) is 2.15. The van der Waals surface area contributed by atoms with Crippen molar-refractivity contribution in [2.24, 2.45) is 0 Å². The van der Waals surface area contributed by atoms with Crippen LogP contribution in [0.3, 0.4) is 0 Å². The number of para-hydroxylation sites is 1. The molecule has 0 saturated carbocycles. The summed E-state index contributed by atoms with van der Waals surface area (Å²) in [6.07, 6.45) is 0. The zero-order valence-corrected chi connectivity index (χ0v) is 12.7. The van der Waals surface area contributed by atoms with E-state index in [1.165, 1.54) is 4.70 Å². The molecule has 20 heavy (non-hydrogen) atoms. The highest BCUT2D eigenvalue weighted by Crippen LogP contribution is 2.38. The number of nitrogens with zero attached hydrogens (tertiary/aromatic N) is 2. The molecule has 0 radical (unpaired) electrons. The molecule has 98 valence electrons. The Bertz CT molecular complexity index is 877. The smallest absolute Gasteiger partial charge is 0.158 e. The molecule has 0 aliphatic carbocycles. The van der Waals surface area contributed by atoms with Crippen molar-refractivity contribution in [3.8, 4) is 0 Å². The minimum atomic E-state index is 0.776. The molecule has 0 amide bonds.